The molecular weight excluding hydrogens is 399 g/mol. The zero-order valence-electron chi connectivity index (χ0n) is 14.6. The molecule has 0 bridgehead atoms. The smallest absolute Gasteiger partial charge is 0.191 e. The fourth-order valence-corrected chi connectivity index (χ4v) is 2.78. The molecule has 1 aliphatic rings. The number of hydrogen-bond acceptors (Lipinski definition) is 2. The number of guanidine groups is 1. The van der Waals surface area contributed by atoms with Crippen LogP contribution < -0.4 is 10.6 Å². The molecular formula is C18H31IN4. The van der Waals surface area contributed by atoms with E-state index in [-0.39, 0.29) is 24.0 Å². The SMILES string of the molecule is CCC(C)NC(=NC)NCCCN1CCc2ccccc2C1.I. The molecule has 0 aliphatic carbocycles. The predicted octanol–water partition coefficient (Wildman–Crippen LogP) is 3.02. The summed E-state index contributed by atoms with van der Waals surface area (Å²) in [5.74, 6) is 0.915. The van der Waals surface area contributed by atoms with Gasteiger partial charge in [-0.15, -0.1) is 24.0 Å². The van der Waals surface area contributed by atoms with E-state index in [9.17, 15) is 0 Å². The van der Waals surface area contributed by atoms with Gasteiger partial charge in [0.15, 0.2) is 5.96 Å². The Labute approximate surface area is 158 Å². The van der Waals surface area contributed by atoms with Crippen LogP contribution >= 0.6 is 24.0 Å². The van der Waals surface area contributed by atoms with E-state index in [1.807, 2.05) is 7.05 Å². The van der Waals surface area contributed by atoms with E-state index in [1.165, 1.54) is 24.1 Å². The van der Waals surface area contributed by atoms with E-state index < -0.39 is 0 Å². The van der Waals surface area contributed by atoms with Crippen molar-refractivity contribution in [3.63, 3.8) is 0 Å². The van der Waals surface area contributed by atoms with Crippen LogP contribution in [0, 0.1) is 0 Å². The minimum atomic E-state index is 0. The van der Waals surface area contributed by atoms with Gasteiger partial charge < -0.3 is 10.6 Å². The number of benzene rings is 1. The van der Waals surface area contributed by atoms with Gasteiger partial charge >= 0.3 is 0 Å². The molecule has 0 radical (unpaired) electrons. The van der Waals surface area contributed by atoms with Gasteiger partial charge in [-0.1, -0.05) is 31.2 Å². The molecule has 0 fully saturated rings. The fraction of sp³-hybridized carbons (Fsp3) is 0.611. The molecule has 0 spiro atoms. The summed E-state index contributed by atoms with van der Waals surface area (Å²) < 4.78 is 0. The summed E-state index contributed by atoms with van der Waals surface area (Å²) in [6.07, 6.45) is 3.43. The van der Waals surface area contributed by atoms with Gasteiger partial charge in [-0.25, -0.2) is 0 Å². The third-order valence-corrected chi connectivity index (χ3v) is 4.37. The van der Waals surface area contributed by atoms with Crippen LogP contribution in [-0.4, -0.2) is 43.6 Å². The van der Waals surface area contributed by atoms with Crippen LogP contribution in [0.25, 0.3) is 0 Å². The second-order valence-corrected chi connectivity index (χ2v) is 6.10. The Bertz CT molecular complexity index is 490. The molecule has 1 unspecified atom stereocenters. The zero-order chi connectivity index (χ0) is 15.8. The maximum absolute atomic E-state index is 4.27. The molecule has 0 aromatic heterocycles. The monoisotopic (exact) mass is 430 g/mol. The average Bonchev–Trinajstić information content (AvgIpc) is 2.57. The molecule has 1 heterocycles. The second kappa shape index (κ2) is 10.9. The van der Waals surface area contributed by atoms with E-state index in [4.69, 9.17) is 0 Å². The molecule has 1 aromatic carbocycles. The van der Waals surface area contributed by atoms with Crippen molar-refractivity contribution < 1.29 is 0 Å². The summed E-state index contributed by atoms with van der Waals surface area (Å²) in [7, 11) is 1.83. The third-order valence-electron chi connectivity index (χ3n) is 4.37. The van der Waals surface area contributed by atoms with E-state index in [0.29, 0.717) is 6.04 Å². The van der Waals surface area contributed by atoms with Crippen molar-refractivity contribution in [1.29, 1.82) is 0 Å². The highest BCUT2D eigenvalue weighted by atomic mass is 127. The van der Waals surface area contributed by atoms with Crippen LogP contribution in [0.1, 0.15) is 37.8 Å². The van der Waals surface area contributed by atoms with E-state index in [2.05, 4.69) is 58.6 Å². The summed E-state index contributed by atoms with van der Waals surface area (Å²) in [5.41, 5.74) is 3.02. The highest BCUT2D eigenvalue weighted by molar-refractivity contribution is 14.0. The van der Waals surface area contributed by atoms with Crippen molar-refractivity contribution in [3.05, 3.63) is 35.4 Å². The van der Waals surface area contributed by atoms with E-state index in [1.54, 1.807) is 0 Å². The number of rotatable bonds is 6. The third kappa shape index (κ3) is 6.67. The number of halogens is 1. The molecule has 1 aromatic rings. The molecule has 23 heavy (non-hydrogen) atoms. The first-order valence-electron chi connectivity index (χ1n) is 8.49. The van der Waals surface area contributed by atoms with Gasteiger partial charge in [-0.3, -0.25) is 9.89 Å². The van der Waals surface area contributed by atoms with Gasteiger partial charge in [0, 0.05) is 39.3 Å². The van der Waals surface area contributed by atoms with Crippen LogP contribution in [0.4, 0.5) is 0 Å². The van der Waals surface area contributed by atoms with Crippen LogP contribution in [0.3, 0.4) is 0 Å². The number of nitrogens with zero attached hydrogens (tertiary/aromatic N) is 2. The van der Waals surface area contributed by atoms with Gasteiger partial charge in [0.05, 0.1) is 0 Å². The second-order valence-electron chi connectivity index (χ2n) is 6.10. The Morgan fingerprint density at radius 1 is 1.30 bits per heavy atom. The number of hydrogen-bond donors (Lipinski definition) is 2. The van der Waals surface area contributed by atoms with Gasteiger partial charge in [0.1, 0.15) is 0 Å². The summed E-state index contributed by atoms with van der Waals surface area (Å²) in [5, 5.41) is 6.80. The lowest BCUT2D eigenvalue weighted by molar-refractivity contribution is 0.251. The van der Waals surface area contributed by atoms with Gasteiger partial charge in [-0.05, 0) is 37.3 Å². The summed E-state index contributed by atoms with van der Waals surface area (Å²) in [4.78, 5) is 6.82. The molecule has 4 nitrogen and oxygen atoms in total. The molecule has 130 valence electrons. The van der Waals surface area contributed by atoms with Gasteiger partial charge in [0.25, 0.3) is 0 Å². The van der Waals surface area contributed by atoms with Crippen molar-refractivity contribution in [2.75, 3.05) is 26.7 Å². The minimum Gasteiger partial charge on any atom is -0.356 e. The lowest BCUT2D eigenvalue weighted by Gasteiger charge is -2.28. The van der Waals surface area contributed by atoms with Crippen LogP contribution in [-0.2, 0) is 13.0 Å². The number of nitrogens with one attached hydrogen (secondary N) is 2. The Kier molecular flexibility index (Phi) is 9.55. The quantitative estimate of drug-likeness (QED) is 0.316. The maximum Gasteiger partial charge on any atom is 0.191 e. The molecule has 1 atom stereocenters. The maximum atomic E-state index is 4.27. The summed E-state index contributed by atoms with van der Waals surface area (Å²) >= 11 is 0. The fourth-order valence-electron chi connectivity index (χ4n) is 2.78. The van der Waals surface area contributed by atoms with Crippen molar-refractivity contribution >= 4 is 29.9 Å². The molecule has 0 saturated heterocycles. The van der Waals surface area contributed by atoms with Crippen molar-refractivity contribution in [1.82, 2.24) is 15.5 Å². The van der Waals surface area contributed by atoms with Gasteiger partial charge in [-0.2, -0.15) is 0 Å². The van der Waals surface area contributed by atoms with Crippen molar-refractivity contribution in [2.24, 2.45) is 4.99 Å². The van der Waals surface area contributed by atoms with Crippen molar-refractivity contribution in [2.45, 2.75) is 45.7 Å². The summed E-state index contributed by atoms with van der Waals surface area (Å²) in [6.45, 7) is 8.74. The first kappa shape index (κ1) is 20.2. The first-order valence-corrected chi connectivity index (χ1v) is 8.49. The first-order chi connectivity index (χ1) is 10.7. The predicted molar refractivity (Wildman–Crippen MR) is 110 cm³/mol. The van der Waals surface area contributed by atoms with Crippen LogP contribution in [0.15, 0.2) is 29.3 Å². The van der Waals surface area contributed by atoms with E-state index in [0.717, 1.165) is 38.4 Å². The molecule has 2 N–H and O–H groups in total. The van der Waals surface area contributed by atoms with Crippen LogP contribution in [0.5, 0.6) is 0 Å². The zero-order valence-corrected chi connectivity index (χ0v) is 17.0. The molecule has 0 saturated carbocycles. The van der Waals surface area contributed by atoms with Crippen molar-refractivity contribution in [3.8, 4) is 0 Å². The molecule has 1 aliphatic heterocycles. The molecule has 2 rings (SSSR count). The Hall–Kier alpha value is -0.820. The standard InChI is InChI=1S/C18H30N4.HI/c1-4-15(2)21-18(19-3)20-11-7-12-22-13-10-16-8-5-6-9-17(16)14-22;/h5-6,8-9,15H,4,7,10-14H2,1-3H3,(H2,19,20,21);1H. The van der Waals surface area contributed by atoms with E-state index >= 15 is 0 Å². The largest absolute Gasteiger partial charge is 0.356 e. The topological polar surface area (TPSA) is 39.7 Å². The highest BCUT2D eigenvalue weighted by Gasteiger charge is 2.14. The van der Waals surface area contributed by atoms with Gasteiger partial charge in [0.2, 0.25) is 0 Å². The Morgan fingerprint density at radius 3 is 2.74 bits per heavy atom. The summed E-state index contributed by atoms with van der Waals surface area (Å²) in [6, 6.07) is 9.28. The van der Waals surface area contributed by atoms with Crippen LogP contribution in [0.2, 0.25) is 0 Å². The molecule has 5 heteroatoms. The lowest BCUT2D eigenvalue weighted by atomic mass is 10.00. The number of aliphatic imine (C=N–C) groups is 1. The molecule has 0 amide bonds. The Balaban J connectivity index is 0.00000264. The minimum absolute atomic E-state index is 0. The normalized spacial score (nSPS) is 16.2. The Morgan fingerprint density at radius 2 is 2.04 bits per heavy atom. The lowest BCUT2D eigenvalue weighted by Crippen LogP contribution is -2.43. The number of fused-ring (bicyclic) bond motifs is 1. The highest BCUT2D eigenvalue weighted by Crippen LogP contribution is 2.18. The average molecular weight is 430 g/mol.